The lowest BCUT2D eigenvalue weighted by molar-refractivity contribution is -0.929. The Hall–Kier alpha value is -2.05. The Labute approximate surface area is 193 Å². The van der Waals surface area contributed by atoms with Gasteiger partial charge in [-0.3, -0.25) is 4.79 Å². The van der Waals surface area contributed by atoms with E-state index in [0.717, 1.165) is 42.8 Å². The van der Waals surface area contributed by atoms with Crippen molar-refractivity contribution in [2.75, 3.05) is 39.2 Å². The van der Waals surface area contributed by atoms with E-state index in [1.165, 1.54) is 5.56 Å². The zero-order valence-corrected chi connectivity index (χ0v) is 19.3. The second-order valence-electron chi connectivity index (χ2n) is 8.70. The highest BCUT2D eigenvalue weighted by atomic mass is 35.5. The van der Waals surface area contributed by atoms with Gasteiger partial charge in [0.05, 0.1) is 43.9 Å². The van der Waals surface area contributed by atoms with E-state index >= 15 is 0 Å². The summed E-state index contributed by atoms with van der Waals surface area (Å²) in [4.78, 5) is 12.7. The van der Waals surface area contributed by atoms with Crippen LogP contribution in [0.5, 0.6) is 5.75 Å². The van der Waals surface area contributed by atoms with Gasteiger partial charge in [-0.05, 0) is 30.3 Å². The number of nitrogens with one attached hydrogen (secondary N) is 1. The van der Waals surface area contributed by atoms with Gasteiger partial charge in [-0.15, -0.1) is 0 Å². The third-order valence-corrected chi connectivity index (χ3v) is 6.51. The van der Waals surface area contributed by atoms with Gasteiger partial charge in [0, 0.05) is 34.7 Å². The lowest BCUT2D eigenvalue weighted by atomic mass is 10.0. The van der Waals surface area contributed by atoms with Crippen molar-refractivity contribution in [2.45, 2.75) is 25.4 Å². The first-order valence-electron chi connectivity index (χ1n) is 10.4. The number of hydrogen-bond acceptors (Lipinski definition) is 3. The van der Waals surface area contributed by atoms with E-state index < -0.39 is 0 Å². The number of benzene rings is 2. The van der Waals surface area contributed by atoms with Gasteiger partial charge in [0.2, 0.25) is 0 Å². The molecule has 0 radical (unpaired) electrons. The summed E-state index contributed by atoms with van der Waals surface area (Å²) in [6, 6.07) is 12.0. The first-order valence-corrected chi connectivity index (χ1v) is 11.2. The van der Waals surface area contributed by atoms with Crippen molar-refractivity contribution >= 4 is 40.9 Å². The number of hydrogen-bond donors (Lipinski definition) is 1. The van der Waals surface area contributed by atoms with Gasteiger partial charge in [-0.25, -0.2) is 0 Å². The smallest absolute Gasteiger partial charge is 0.255 e. The number of ether oxygens (including phenoxy) is 2. The minimum Gasteiger partial charge on any atom is -0.486 e. The lowest BCUT2D eigenvalue weighted by Crippen LogP contribution is -2.50. The van der Waals surface area contributed by atoms with Gasteiger partial charge in [-0.2, -0.15) is 0 Å². The van der Waals surface area contributed by atoms with Gasteiger partial charge in [-0.1, -0.05) is 35.3 Å². The predicted molar refractivity (Wildman–Crippen MR) is 125 cm³/mol. The number of amides is 1. The van der Waals surface area contributed by atoms with Crippen LogP contribution in [-0.4, -0.2) is 50.3 Å². The zero-order chi connectivity index (χ0) is 22.0. The molecule has 1 fully saturated rings. The van der Waals surface area contributed by atoms with Crippen LogP contribution in [0.4, 0.5) is 5.69 Å². The average Bonchev–Trinajstić information content (AvgIpc) is 2.75. The quantitative estimate of drug-likeness (QED) is 0.625. The largest absolute Gasteiger partial charge is 0.486 e. The van der Waals surface area contributed by atoms with Crippen LogP contribution in [0.15, 0.2) is 42.0 Å². The van der Waals surface area contributed by atoms with E-state index in [1.807, 2.05) is 12.1 Å². The van der Waals surface area contributed by atoms with Crippen LogP contribution in [0.3, 0.4) is 0 Å². The number of rotatable bonds is 5. The molecule has 4 rings (SSSR count). The highest BCUT2D eigenvalue weighted by Crippen LogP contribution is 2.36. The van der Waals surface area contributed by atoms with E-state index in [9.17, 15) is 4.79 Å². The molecule has 31 heavy (non-hydrogen) atoms. The molecule has 1 saturated heterocycles. The molecule has 2 aromatic carbocycles. The Morgan fingerprint density at radius 1 is 1.13 bits per heavy atom. The van der Waals surface area contributed by atoms with Gasteiger partial charge in [0.1, 0.15) is 18.9 Å². The minimum absolute atomic E-state index is 0.162. The molecular weight excluding hydrogens is 435 g/mol. The fourth-order valence-corrected chi connectivity index (χ4v) is 4.80. The summed E-state index contributed by atoms with van der Waals surface area (Å²) in [7, 11) is 4.55. The maximum atomic E-state index is 12.7. The lowest BCUT2D eigenvalue weighted by Gasteiger charge is -2.40. The molecule has 0 unspecified atom stereocenters. The monoisotopic (exact) mass is 461 g/mol. The topological polar surface area (TPSA) is 47.6 Å². The fraction of sp³-hybridized carbons (Fsp3) is 0.375. The molecule has 164 valence electrons. The fourth-order valence-electron chi connectivity index (χ4n) is 4.24. The van der Waals surface area contributed by atoms with Crippen molar-refractivity contribution in [2.24, 2.45) is 0 Å². The van der Waals surface area contributed by atoms with E-state index in [0.29, 0.717) is 33.0 Å². The molecule has 0 atom stereocenters. The molecule has 2 aliphatic rings. The first-order chi connectivity index (χ1) is 14.8. The Balaban J connectivity index is 1.41. The van der Waals surface area contributed by atoms with Gasteiger partial charge < -0.3 is 19.3 Å². The van der Waals surface area contributed by atoms with Crippen LogP contribution in [0, 0.1) is 0 Å². The third kappa shape index (κ3) is 5.24. The summed E-state index contributed by atoms with van der Waals surface area (Å²) in [5.41, 5.74) is 3.22. The van der Waals surface area contributed by atoms with E-state index in [2.05, 4.69) is 31.5 Å². The molecule has 0 spiro atoms. The molecule has 7 heteroatoms. The van der Waals surface area contributed by atoms with E-state index in [1.54, 1.807) is 18.2 Å². The molecule has 2 aliphatic heterocycles. The normalized spacial score (nSPS) is 16.8. The maximum absolute atomic E-state index is 12.7. The van der Waals surface area contributed by atoms with E-state index in [4.69, 9.17) is 32.7 Å². The van der Waals surface area contributed by atoms with Crippen molar-refractivity contribution in [3.05, 3.63) is 63.1 Å². The van der Waals surface area contributed by atoms with Gasteiger partial charge in [0.25, 0.3) is 5.91 Å². The van der Waals surface area contributed by atoms with Crippen molar-refractivity contribution in [1.29, 1.82) is 0 Å². The van der Waals surface area contributed by atoms with Crippen molar-refractivity contribution in [3.8, 4) is 5.75 Å². The molecular formula is C24H27Cl2N2O3+. The van der Waals surface area contributed by atoms with Crippen LogP contribution < -0.4 is 10.1 Å². The number of fused-ring (bicyclic) bond motifs is 1. The Bertz CT molecular complexity index is 997. The SMILES string of the molecule is C[N+](C)(Cc1ccc(NC(=O)C2=Cc3cc(Cl)cc(Cl)c3OC2)cc1)C1CCOCC1. The molecule has 0 saturated carbocycles. The number of quaternary nitrogens is 1. The summed E-state index contributed by atoms with van der Waals surface area (Å²) in [5.74, 6) is 0.352. The molecule has 1 N–H and O–H groups in total. The summed E-state index contributed by atoms with van der Waals surface area (Å²) < 4.78 is 12.1. The van der Waals surface area contributed by atoms with Crippen molar-refractivity contribution < 1.29 is 18.8 Å². The second-order valence-corrected chi connectivity index (χ2v) is 9.54. The van der Waals surface area contributed by atoms with E-state index in [-0.39, 0.29) is 12.5 Å². The predicted octanol–water partition coefficient (Wildman–Crippen LogP) is 5.16. The van der Waals surface area contributed by atoms with Crippen molar-refractivity contribution in [3.63, 3.8) is 0 Å². The number of nitrogens with zero attached hydrogens (tertiary/aromatic N) is 1. The van der Waals surface area contributed by atoms with Gasteiger partial charge >= 0.3 is 0 Å². The molecule has 5 nitrogen and oxygen atoms in total. The molecule has 0 bridgehead atoms. The molecule has 2 aromatic rings. The number of anilines is 1. The second kappa shape index (κ2) is 9.21. The van der Waals surface area contributed by atoms with Crippen LogP contribution in [0.1, 0.15) is 24.0 Å². The minimum atomic E-state index is -0.201. The van der Waals surface area contributed by atoms with Gasteiger partial charge in [0.15, 0.2) is 0 Å². The standard InChI is InChI=1S/C24H26Cl2N2O3/c1-28(2,21-7-9-30-10-8-21)14-16-3-5-20(6-4-16)27-24(29)18-11-17-12-19(25)13-22(26)23(17)31-15-18/h3-6,11-13,21H,7-10,14-15H2,1-2H3/p+1. The Morgan fingerprint density at radius 3 is 2.55 bits per heavy atom. The molecule has 0 aliphatic carbocycles. The molecule has 0 aromatic heterocycles. The highest BCUT2D eigenvalue weighted by molar-refractivity contribution is 6.36. The van der Waals surface area contributed by atoms with Crippen LogP contribution in [0.2, 0.25) is 10.0 Å². The first kappa shape index (κ1) is 22.2. The number of carbonyl (C=O) groups is 1. The number of carbonyl (C=O) groups excluding carboxylic acids is 1. The summed E-state index contributed by atoms with van der Waals surface area (Å²) in [6.07, 6.45) is 3.96. The summed E-state index contributed by atoms with van der Waals surface area (Å²) in [6.45, 7) is 2.80. The van der Waals surface area contributed by atoms with Crippen LogP contribution in [0.25, 0.3) is 6.08 Å². The van der Waals surface area contributed by atoms with Crippen molar-refractivity contribution in [1.82, 2.24) is 0 Å². The third-order valence-electron chi connectivity index (χ3n) is 6.01. The Morgan fingerprint density at radius 2 is 1.84 bits per heavy atom. The maximum Gasteiger partial charge on any atom is 0.255 e. The average molecular weight is 462 g/mol. The summed E-state index contributed by atoms with van der Waals surface area (Å²) >= 11 is 12.2. The number of halogens is 2. The highest BCUT2D eigenvalue weighted by Gasteiger charge is 2.30. The van der Waals surface area contributed by atoms with Crippen LogP contribution >= 0.6 is 23.2 Å². The molecule has 2 heterocycles. The Kier molecular flexibility index (Phi) is 6.58. The summed E-state index contributed by atoms with van der Waals surface area (Å²) in [5, 5.41) is 3.89. The van der Waals surface area contributed by atoms with Crippen LogP contribution in [-0.2, 0) is 16.1 Å². The molecule has 1 amide bonds. The zero-order valence-electron chi connectivity index (χ0n) is 17.8.